The van der Waals surface area contributed by atoms with Crippen LogP contribution in [-0.2, 0) is 5.41 Å². The van der Waals surface area contributed by atoms with Crippen molar-refractivity contribution < 1.29 is 4.79 Å². The first-order valence-electron chi connectivity index (χ1n) is 15.5. The molecule has 2 aliphatic rings. The van der Waals surface area contributed by atoms with Crippen LogP contribution in [-0.4, -0.2) is 23.4 Å². The normalized spacial score (nSPS) is 17.1. The molecular formula is C37H43BrN2O. The smallest absolute Gasteiger partial charge is 0.212 e. The van der Waals surface area contributed by atoms with Crippen LogP contribution in [0.25, 0.3) is 11.1 Å². The van der Waals surface area contributed by atoms with Crippen LogP contribution in [0.4, 0.5) is 5.69 Å². The molecule has 1 heterocycles. The van der Waals surface area contributed by atoms with Gasteiger partial charge in [0.25, 0.3) is 0 Å². The number of Topliss-reactive ketones (excluding diaryl/α,β-unsaturated/α-hetero) is 1. The number of aliphatic imine (C=N–C) groups is 1. The number of ketones is 1. The van der Waals surface area contributed by atoms with E-state index in [1.165, 1.54) is 74.7 Å². The number of rotatable bonds is 13. The van der Waals surface area contributed by atoms with Crippen molar-refractivity contribution in [2.24, 2.45) is 4.99 Å². The van der Waals surface area contributed by atoms with Gasteiger partial charge in [0.05, 0.1) is 0 Å². The molecular weight excluding hydrogens is 568 g/mol. The van der Waals surface area contributed by atoms with Crippen molar-refractivity contribution in [2.75, 3.05) is 16.8 Å². The van der Waals surface area contributed by atoms with E-state index in [-0.39, 0.29) is 11.2 Å². The molecule has 3 nitrogen and oxygen atoms in total. The summed E-state index contributed by atoms with van der Waals surface area (Å²) in [5.74, 6) is -0.000799. The summed E-state index contributed by atoms with van der Waals surface area (Å²) in [6.45, 7) is 5.53. The standard InChI is InChI=1S/C37H43BrN2O/c1-37(2)32-23-15-16-24-33(32)40(26-18-10-8-6-4-3-5-7-9-17-25-38)34(37)27-39-35-30-21-13-11-19-28(30)29-20-12-14-22-31(29)36(35)41/h11-16,19-24,27H,3-10,17-18,25-26H2,1-2H3/b34-27+,39-35?. The molecule has 0 saturated heterocycles. The first-order chi connectivity index (χ1) is 20.0. The Morgan fingerprint density at radius 2 is 1.20 bits per heavy atom. The number of unbranched alkanes of at least 4 members (excludes halogenated alkanes) is 9. The van der Waals surface area contributed by atoms with Crippen molar-refractivity contribution in [3.05, 3.63) is 101 Å². The molecule has 3 aromatic rings. The van der Waals surface area contributed by atoms with E-state index in [0.717, 1.165) is 40.5 Å². The van der Waals surface area contributed by atoms with Gasteiger partial charge in [-0.1, -0.05) is 148 Å². The average Bonchev–Trinajstić information content (AvgIpc) is 3.21. The molecule has 3 aromatic carbocycles. The monoisotopic (exact) mass is 610 g/mol. The summed E-state index contributed by atoms with van der Waals surface area (Å²) in [6.07, 6.45) is 15.1. The lowest BCUT2D eigenvalue weighted by atomic mass is 9.83. The predicted molar refractivity (Wildman–Crippen MR) is 178 cm³/mol. The molecule has 0 spiro atoms. The largest absolute Gasteiger partial charge is 0.343 e. The fourth-order valence-corrected chi connectivity index (χ4v) is 6.83. The summed E-state index contributed by atoms with van der Waals surface area (Å²) in [5.41, 5.74) is 7.81. The van der Waals surface area contributed by atoms with Gasteiger partial charge in [0.2, 0.25) is 5.78 Å². The van der Waals surface area contributed by atoms with E-state index >= 15 is 0 Å². The molecule has 41 heavy (non-hydrogen) atoms. The van der Waals surface area contributed by atoms with Gasteiger partial charge in [-0.3, -0.25) is 9.79 Å². The number of anilines is 1. The molecule has 1 aliphatic carbocycles. The SMILES string of the molecule is CC1(C)/C(=C\N=C2C(=O)c3ccccc3-c3ccccc32)N(CCCCCCCCCCCCBr)c2ccccc21. The average molecular weight is 612 g/mol. The van der Waals surface area contributed by atoms with E-state index in [1.807, 2.05) is 48.7 Å². The highest BCUT2D eigenvalue weighted by molar-refractivity contribution is 9.09. The van der Waals surface area contributed by atoms with Crippen LogP contribution in [0, 0.1) is 0 Å². The lowest BCUT2D eigenvalue weighted by Gasteiger charge is -2.27. The summed E-state index contributed by atoms with van der Waals surface area (Å²) in [5, 5.41) is 1.14. The van der Waals surface area contributed by atoms with Gasteiger partial charge in [-0.15, -0.1) is 0 Å². The molecule has 5 rings (SSSR count). The van der Waals surface area contributed by atoms with Crippen molar-refractivity contribution in [2.45, 2.75) is 83.5 Å². The van der Waals surface area contributed by atoms with Crippen molar-refractivity contribution >= 4 is 33.1 Å². The Hall–Kier alpha value is -2.98. The van der Waals surface area contributed by atoms with Crippen molar-refractivity contribution in [1.29, 1.82) is 0 Å². The zero-order chi connectivity index (χ0) is 28.7. The van der Waals surface area contributed by atoms with Crippen molar-refractivity contribution in [3.8, 4) is 11.1 Å². The van der Waals surface area contributed by atoms with Crippen molar-refractivity contribution in [1.82, 2.24) is 0 Å². The third-order valence-electron chi connectivity index (χ3n) is 8.74. The molecule has 0 fully saturated rings. The first kappa shape index (κ1) is 29.5. The summed E-state index contributed by atoms with van der Waals surface area (Å²) >= 11 is 3.52. The number of carbonyl (C=O) groups is 1. The van der Waals surface area contributed by atoms with E-state index < -0.39 is 0 Å². The van der Waals surface area contributed by atoms with E-state index in [0.29, 0.717) is 5.71 Å². The Kier molecular flexibility index (Phi) is 9.92. The summed E-state index contributed by atoms with van der Waals surface area (Å²) in [6, 6.07) is 24.8. The van der Waals surface area contributed by atoms with Gasteiger partial charge < -0.3 is 4.90 Å². The van der Waals surface area contributed by atoms with Crippen LogP contribution in [0.3, 0.4) is 0 Å². The predicted octanol–water partition coefficient (Wildman–Crippen LogP) is 10.3. The molecule has 214 valence electrons. The number of hydrogen-bond acceptors (Lipinski definition) is 3. The van der Waals surface area contributed by atoms with E-state index in [2.05, 4.69) is 65.0 Å². The maximum Gasteiger partial charge on any atom is 0.212 e. The first-order valence-corrected chi connectivity index (χ1v) is 16.6. The third kappa shape index (κ3) is 6.43. The van der Waals surface area contributed by atoms with E-state index in [4.69, 9.17) is 4.99 Å². The van der Waals surface area contributed by atoms with Crippen LogP contribution in [0.2, 0.25) is 0 Å². The Labute approximate surface area is 254 Å². The third-order valence-corrected chi connectivity index (χ3v) is 9.30. The van der Waals surface area contributed by atoms with Crippen LogP contribution < -0.4 is 4.90 Å². The Bertz CT molecular complexity index is 1420. The topological polar surface area (TPSA) is 32.7 Å². The van der Waals surface area contributed by atoms with Gasteiger partial charge in [-0.2, -0.15) is 0 Å². The number of alkyl halides is 1. The van der Waals surface area contributed by atoms with Crippen LogP contribution in [0.5, 0.6) is 0 Å². The van der Waals surface area contributed by atoms with E-state index in [9.17, 15) is 4.79 Å². The zero-order valence-corrected chi connectivity index (χ0v) is 26.3. The number of fused-ring (bicyclic) bond motifs is 4. The lowest BCUT2D eigenvalue weighted by Crippen LogP contribution is -2.27. The number of hydrogen-bond donors (Lipinski definition) is 0. The Morgan fingerprint density at radius 3 is 1.85 bits per heavy atom. The minimum Gasteiger partial charge on any atom is -0.343 e. The highest BCUT2D eigenvalue weighted by Crippen LogP contribution is 2.47. The number of benzene rings is 3. The Balaban J connectivity index is 1.31. The zero-order valence-electron chi connectivity index (χ0n) is 24.7. The molecule has 0 amide bonds. The minimum atomic E-state index is -0.190. The van der Waals surface area contributed by atoms with Crippen LogP contribution in [0.15, 0.2) is 89.7 Å². The maximum atomic E-state index is 13.7. The van der Waals surface area contributed by atoms with Crippen molar-refractivity contribution in [3.63, 3.8) is 0 Å². The molecule has 0 bridgehead atoms. The summed E-state index contributed by atoms with van der Waals surface area (Å²) in [4.78, 5) is 21.1. The lowest BCUT2D eigenvalue weighted by molar-refractivity contribution is 0.106. The van der Waals surface area contributed by atoms with Gasteiger partial charge in [-0.25, -0.2) is 0 Å². The second-order valence-electron chi connectivity index (χ2n) is 11.9. The van der Waals surface area contributed by atoms with Gasteiger partial charge in [-0.05, 0) is 35.6 Å². The van der Waals surface area contributed by atoms with Crippen LogP contribution in [0.1, 0.15) is 99.5 Å². The maximum absolute atomic E-state index is 13.7. The summed E-state index contributed by atoms with van der Waals surface area (Å²) in [7, 11) is 0. The number of allylic oxidation sites excluding steroid dienone is 1. The molecule has 1 aliphatic heterocycles. The molecule has 0 radical (unpaired) electrons. The van der Waals surface area contributed by atoms with E-state index in [1.54, 1.807) is 0 Å². The number of halogens is 1. The molecule has 0 atom stereocenters. The fourth-order valence-electron chi connectivity index (χ4n) is 6.44. The highest BCUT2D eigenvalue weighted by atomic mass is 79.9. The second kappa shape index (κ2) is 13.8. The molecule has 0 saturated carbocycles. The molecule has 4 heteroatoms. The van der Waals surface area contributed by atoms with Gasteiger partial charge >= 0.3 is 0 Å². The molecule has 0 unspecified atom stereocenters. The number of carbonyl (C=O) groups excluding carboxylic acids is 1. The highest BCUT2D eigenvalue weighted by Gasteiger charge is 2.40. The van der Waals surface area contributed by atoms with Gasteiger partial charge in [0, 0.05) is 46.0 Å². The summed E-state index contributed by atoms with van der Waals surface area (Å²) < 4.78 is 0. The molecule has 0 N–H and O–H groups in total. The quantitative estimate of drug-likeness (QED) is 0.142. The fraction of sp³-hybridized carbons (Fsp3) is 0.405. The number of para-hydroxylation sites is 1. The van der Waals surface area contributed by atoms with Gasteiger partial charge in [0.1, 0.15) is 5.71 Å². The number of nitrogens with zero attached hydrogens (tertiary/aromatic N) is 2. The second-order valence-corrected chi connectivity index (χ2v) is 12.7. The van der Waals surface area contributed by atoms with Crippen LogP contribution >= 0.6 is 15.9 Å². The Morgan fingerprint density at radius 1 is 0.683 bits per heavy atom. The molecule has 0 aromatic heterocycles. The minimum absolute atomic E-state index is 0.000799. The van der Waals surface area contributed by atoms with Gasteiger partial charge in [0.15, 0.2) is 0 Å².